The van der Waals surface area contributed by atoms with Gasteiger partial charge in [0, 0.05) is 64.9 Å². The zero-order valence-corrected chi connectivity index (χ0v) is 26.3. The third-order valence-corrected chi connectivity index (χ3v) is 11.4. The summed E-state index contributed by atoms with van der Waals surface area (Å²) in [6.07, 6.45) is 0. The Bertz CT molecular complexity index is 3540. The van der Waals surface area contributed by atoms with Gasteiger partial charge in [-0.05, 0) is 47.9 Å². The molecule has 0 spiro atoms. The van der Waals surface area contributed by atoms with Gasteiger partial charge in [0.2, 0.25) is 0 Å². The van der Waals surface area contributed by atoms with E-state index in [1.807, 2.05) is 0 Å². The molecular formula is C46H25N3. The monoisotopic (exact) mass is 619 g/mol. The summed E-state index contributed by atoms with van der Waals surface area (Å²) in [5.74, 6) is 0. The molecule has 0 saturated heterocycles. The Morgan fingerprint density at radius 3 is 1.57 bits per heavy atom. The van der Waals surface area contributed by atoms with Gasteiger partial charge in [0.25, 0.3) is 0 Å². The molecule has 0 atom stereocenters. The molecule has 49 heavy (non-hydrogen) atoms. The summed E-state index contributed by atoms with van der Waals surface area (Å²) < 4.78 is 7.52. The van der Waals surface area contributed by atoms with Crippen molar-refractivity contribution in [3.05, 3.63) is 152 Å². The molecule has 0 amide bonds. The van der Waals surface area contributed by atoms with Gasteiger partial charge in [-0.3, -0.25) is 0 Å². The van der Waals surface area contributed by atoms with Crippen LogP contribution in [-0.4, -0.2) is 13.4 Å². The van der Waals surface area contributed by atoms with Crippen molar-refractivity contribution in [1.82, 2.24) is 13.4 Å². The van der Waals surface area contributed by atoms with E-state index in [1.54, 1.807) is 0 Å². The van der Waals surface area contributed by atoms with Crippen molar-refractivity contribution in [3.8, 4) is 5.69 Å². The van der Waals surface area contributed by atoms with Gasteiger partial charge in [-0.15, -0.1) is 0 Å². The molecule has 8 aromatic carbocycles. The Hall–Kier alpha value is -6.58. The van der Waals surface area contributed by atoms with Crippen LogP contribution in [-0.2, 0) is 0 Å². The molecule has 3 heteroatoms. The van der Waals surface area contributed by atoms with Crippen LogP contribution in [0.5, 0.6) is 0 Å². The second kappa shape index (κ2) is 8.28. The van der Waals surface area contributed by atoms with E-state index in [0.717, 1.165) is 0 Å². The first-order chi connectivity index (χ1) is 24.3. The van der Waals surface area contributed by atoms with Gasteiger partial charge in [-0.2, -0.15) is 0 Å². The molecule has 0 aliphatic rings. The lowest BCUT2D eigenvalue weighted by atomic mass is 10.0. The predicted octanol–water partition coefficient (Wildman–Crippen LogP) is 12.2. The molecule has 0 unspecified atom stereocenters. The lowest BCUT2D eigenvalue weighted by molar-refractivity contribution is 1.18. The predicted molar refractivity (Wildman–Crippen MR) is 208 cm³/mol. The van der Waals surface area contributed by atoms with Crippen molar-refractivity contribution < 1.29 is 0 Å². The van der Waals surface area contributed by atoms with Gasteiger partial charge >= 0.3 is 0 Å². The molecule has 13 rings (SSSR count). The zero-order valence-electron chi connectivity index (χ0n) is 26.3. The van der Waals surface area contributed by atoms with Gasteiger partial charge in [0.15, 0.2) is 0 Å². The highest BCUT2D eigenvalue weighted by Gasteiger charge is 2.24. The third-order valence-electron chi connectivity index (χ3n) is 11.4. The highest BCUT2D eigenvalue weighted by molar-refractivity contribution is 6.31. The summed E-state index contributed by atoms with van der Waals surface area (Å²) in [6.45, 7) is 0. The first kappa shape index (κ1) is 24.6. The van der Waals surface area contributed by atoms with Crippen molar-refractivity contribution >= 4 is 109 Å². The maximum Gasteiger partial charge on any atom is 0.0620 e. The molecule has 5 heterocycles. The molecule has 0 fully saturated rings. The van der Waals surface area contributed by atoms with Crippen molar-refractivity contribution in [3.63, 3.8) is 0 Å². The quantitative estimate of drug-likeness (QED) is 0.174. The van der Waals surface area contributed by atoms with Crippen molar-refractivity contribution in [2.45, 2.75) is 0 Å². The van der Waals surface area contributed by atoms with Gasteiger partial charge in [-0.1, -0.05) is 109 Å². The molecule has 224 valence electrons. The van der Waals surface area contributed by atoms with Crippen LogP contribution < -0.4 is 0 Å². The summed E-state index contributed by atoms with van der Waals surface area (Å²) in [4.78, 5) is 0. The Morgan fingerprint density at radius 1 is 0.265 bits per heavy atom. The molecule has 0 bridgehead atoms. The summed E-state index contributed by atoms with van der Waals surface area (Å²) in [5, 5.41) is 15.6. The number of hydrogen-bond donors (Lipinski definition) is 0. The average Bonchev–Trinajstić information content (AvgIpc) is 3.94. The van der Waals surface area contributed by atoms with Gasteiger partial charge in [0.05, 0.1) is 44.1 Å². The standard InChI is InChI=1S/C46H25N3/c1-2-11-27(12-3-1)47-39-19-7-6-14-29(39)37-23-41-38(24-40(37)47)33-18-9-16-31-35-22-36-32-17-8-15-30-34-21-20-26-10-4-5-13-28(26)44(34)49(46(30)32)43(36)25-42(35)48(41)45(31)33/h1-25H. The molecule has 3 nitrogen and oxygen atoms in total. The smallest absolute Gasteiger partial charge is 0.0620 e. The van der Waals surface area contributed by atoms with Crippen LogP contribution >= 0.6 is 0 Å². The van der Waals surface area contributed by atoms with E-state index >= 15 is 0 Å². The molecule has 13 aromatic rings. The SMILES string of the molecule is c1ccc(-n2c3ccccc3c3cc4c(cc32)c2cccc3c5cc6c7cccc8c9ccc%10ccccc%10c9n(c6cc5n4c23)c78)cc1. The Morgan fingerprint density at radius 2 is 0.776 bits per heavy atom. The Balaban J connectivity index is 1.25. The number of hydrogen-bond acceptors (Lipinski definition) is 0. The van der Waals surface area contributed by atoms with Crippen LogP contribution in [0.15, 0.2) is 152 Å². The van der Waals surface area contributed by atoms with Crippen molar-refractivity contribution in [2.75, 3.05) is 0 Å². The van der Waals surface area contributed by atoms with E-state index in [1.165, 1.54) is 114 Å². The summed E-state index contributed by atoms with van der Waals surface area (Å²) in [6, 6.07) is 56.5. The molecule has 0 saturated carbocycles. The van der Waals surface area contributed by atoms with Gasteiger partial charge in [-0.25, -0.2) is 0 Å². The van der Waals surface area contributed by atoms with Crippen LogP contribution in [0.25, 0.3) is 114 Å². The molecule has 0 radical (unpaired) electrons. The van der Waals surface area contributed by atoms with Crippen LogP contribution in [0, 0.1) is 0 Å². The normalized spacial score (nSPS) is 12.9. The van der Waals surface area contributed by atoms with Gasteiger partial charge in [0.1, 0.15) is 0 Å². The number of benzene rings is 8. The summed E-state index contributed by atoms with van der Waals surface area (Å²) in [7, 11) is 0. The fourth-order valence-corrected chi connectivity index (χ4v) is 9.51. The number of para-hydroxylation sites is 4. The van der Waals surface area contributed by atoms with E-state index in [9.17, 15) is 0 Å². The van der Waals surface area contributed by atoms with E-state index in [2.05, 4.69) is 165 Å². The highest BCUT2D eigenvalue weighted by Crippen LogP contribution is 2.46. The maximum atomic E-state index is 2.55. The van der Waals surface area contributed by atoms with E-state index in [0.29, 0.717) is 0 Å². The van der Waals surface area contributed by atoms with Crippen LogP contribution in [0.4, 0.5) is 0 Å². The van der Waals surface area contributed by atoms with Crippen LogP contribution in [0.3, 0.4) is 0 Å². The van der Waals surface area contributed by atoms with E-state index < -0.39 is 0 Å². The largest absolute Gasteiger partial charge is 0.309 e. The average molecular weight is 620 g/mol. The zero-order chi connectivity index (χ0) is 31.5. The summed E-state index contributed by atoms with van der Waals surface area (Å²) in [5.41, 5.74) is 11.4. The van der Waals surface area contributed by atoms with Crippen LogP contribution in [0.2, 0.25) is 0 Å². The van der Waals surface area contributed by atoms with Crippen LogP contribution in [0.1, 0.15) is 0 Å². The van der Waals surface area contributed by atoms with Crippen molar-refractivity contribution in [1.29, 1.82) is 0 Å². The fraction of sp³-hybridized carbons (Fsp3) is 0. The number of nitrogens with zero attached hydrogens (tertiary/aromatic N) is 3. The second-order valence-electron chi connectivity index (χ2n) is 13.7. The molecule has 5 aromatic heterocycles. The second-order valence-corrected chi connectivity index (χ2v) is 13.7. The minimum Gasteiger partial charge on any atom is -0.309 e. The fourth-order valence-electron chi connectivity index (χ4n) is 9.51. The molecule has 0 aliphatic carbocycles. The van der Waals surface area contributed by atoms with E-state index in [-0.39, 0.29) is 0 Å². The van der Waals surface area contributed by atoms with Crippen molar-refractivity contribution in [2.24, 2.45) is 0 Å². The summed E-state index contributed by atoms with van der Waals surface area (Å²) >= 11 is 0. The topological polar surface area (TPSA) is 13.8 Å². The molecular weight excluding hydrogens is 595 g/mol. The Kier molecular flexibility index (Phi) is 4.15. The molecule has 0 N–H and O–H groups in total. The Labute approximate surface area is 278 Å². The number of aromatic nitrogens is 3. The lowest BCUT2D eigenvalue weighted by Crippen LogP contribution is -1.92. The first-order valence-electron chi connectivity index (χ1n) is 17.0. The number of fused-ring (bicyclic) bond motifs is 17. The minimum atomic E-state index is 1.18. The minimum absolute atomic E-state index is 1.18. The highest BCUT2D eigenvalue weighted by atomic mass is 15.0. The lowest BCUT2D eigenvalue weighted by Gasteiger charge is -2.08. The molecule has 0 aliphatic heterocycles. The maximum absolute atomic E-state index is 2.55. The van der Waals surface area contributed by atoms with E-state index in [4.69, 9.17) is 0 Å². The number of rotatable bonds is 1. The first-order valence-corrected chi connectivity index (χ1v) is 17.0. The third kappa shape index (κ3) is 2.77. The van der Waals surface area contributed by atoms with Gasteiger partial charge < -0.3 is 13.4 Å².